The van der Waals surface area contributed by atoms with Gasteiger partial charge in [-0.3, -0.25) is 0 Å². The summed E-state index contributed by atoms with van der Waals surface area (Å²) >= 11 is 0. The Balaban J connectivity index is 0. The molecule has 0 atom stereocenters. The van der Waals surface area contributed by atoms with Gasteiger partial charge in [-0.25, -0.2) is 0 Å². The molecule has 0 bridgehead atoms. The predicted octanol–water partition coefficient (Wildman–Crippen LogP) is 2.17. The molecule has 0 spiro atoms. The number of hydrogen-bond donors (Lipinski definition) is 1. The summed E-state index contributed by atoms with van der Waals surface area (Å²) in [4.78, 5) is 1.59. The van der Waals surface area contributed by atoms with E-state index in [-0.39, 0.29) is 12.4 Å². The number of rotatable bonds is 11. The molecule has 1 aliphatic carbocycles. The van der Waals surface area contributed by atoms with Crippen molar-refractivity contribution in [2.24, 2.45) is 0 Å². The summed E-state index contributed by atoms with van der Waals surface area (Å²) in [6.07, 6.45) is 24.5. The van der Waals surface area contributed by atoms with Crippen LogP contribution < -0.4 is 17.3 Å². The van der Waals surface area contributed by atoms with Gasteiger partial charge in [0.05, 0.1) is 20.6 Å². The normalized spacial score (nSPS) is 13.5. The fourth-order valence-electron chi connectivity index (χ4n) is 2.73. The molecule has 1 N–H and O–H groups in total. The molecule has 0 radical (unpaired) electrons. The standard InChI is InChI=1S/C14H31N.C6H10.ClH/c1-4-5-6-7-8-9-10-11-12-13-14-15(2)3;1-2-4-6-5-3-1;/h4-14H2,1-3H3;1-2H,3-6H2;1H. The van der Waals surface area contributed by atoms with E-state index in [1.807, 2.05) is 0 Å². The fourth-order valence-corrected chi connectivity index (χ4v) is 2.73. The molecule has 134 valence electrons. The lowest BCUT2D eigenvalue weighted by Crippen LogP contribution is -3.05. The molecule has 0 heterocycles. The zero-order valence-electron chi connectivity index (χ0n) is 15.6. The number of nitrogens with one attached hydrogen (secondary N) is 1. The maximum absolute atomic E-state index is 2.28. The molecule has 0 saturated heterocycles. The van der Waals surface area contributed by atoms with Gasteiger partial charge in [0.15, 0.2) is 0 Å². The zero-order valence-corrected chi connectivity index (χ0v) is 16.4. The van der Waals surface area contributed by atoms with Gasteiger partial charge in [0.1, 0.15) is 0 Å². The van der Waals surface area contributed by atoms with E-state index >= 15 is 0 Å². The Morgan fingerprint density at radius 2 is 1.09 bits per heavy atom. The molecule has 0 unspecified atom stereocenters. The monoisotopic (exact) mass is 331 g/mol. The molecule has 0 aliphatic heterocycles. The Morgan fingerprint density at radius 1 is 0.682 bits per heavy atom. The van der Waals surface area contributed by atoms with Crippen molar-refractivity contribution in [2.75, 3.05) is 20.6 Å². The largest absolute Gasteiger partial charge is 1.00 e. The van der Waals surface area contributed by atoms with E-state index in [1.165, 1.54) is 96.4 Å². The molecule has 0 aromatic rings. The summed E-state index contributed by atoms with van der Waals surface area (Å²) in [6.45, 7) is 3.63. The van der Waals surface area contributed by atoms with Crippen molar-refractivity contribution in [1.29, 1.82) is 0 Å². The van der Waals surface area contributed by atoms with Gasteiger partial charge in [0, 0.05) is 0 Å². The highest BCUT2D eigenvalue weighted by Crippen LogP contribution is 2.10. The van der Waals surface area contributed by atoms with Crippen LogP contribution in [0.5, 0.6) is 0 Å². The zero-order chi connectivity index (χ0) is 15.6. The maximum Gasteiger partial charge on any atom is 0.0766 e. The van der Waals surface area contributed by atoms with Crippen LogP contribution in [0.15, 0.2) is 12.2 Å². The van der Waals surface area contributed by atoms with Gasteiger partial charge >= 0.3 is 0 Å². The van der Waals surface area contributed by atoms with Crippen molar-refractivity contribution in [2.45, 2.75) is 96.8 Å². The quantitative estimate of drug-likeness (QED) is 0.437. The first-order valence-corrected chi connectivity index (χ1v) is 9.71. The molecule has 1 aliphatic rings. The lowest BCUT2D eigenvalue weighted by Gasteiger charge is -2.06. The smallest absolute Gasteiger partial charge is 0.0766 e. The van der Waals surface area contributed by atoms with Crippen molar-refractivity contribution in [3.63, 3.8) is 0 Å². The number of quaternary nitrogens is 1. The van der Waals surface area contributed by atoms with Crippen LogP contribution in [0.2, 0.25) is 0 Å². The summed E-state index contributed by atoms with van der Waals surface area (Å²) in [5, 5.41) is 0. The van der Waals surface area contributed by atoms with Crippen molar-refractivity contribution in [3.8, 4) is 0 Å². The molecule has 22 heavy (non-hydrogen) atoms. The molecule has 2 heteroatoms. The van der Waals surface area contributed by atoms with E-state index in [1.54, 1.807) is 4.90 Å². The average molecular weight is 332 g/mol. The second-order valence-electron chi connectivity index (χ2n) is 6.89. The molecular weight excluding hydrogens is 290 g/mol. The van der Waals surface area contributed by atoms with Crippen LogP contribution in [0, 0.1) is 0 Å². The Kier molecular flexibility index (Phi) is 23.1. The van der Waals surface area contributed by atoms with Gasteiger partial charge in [-0.15, -0.1) is 0 Å². The van der Waals surface area contributed by atoms with Crippen molar-refractivity contribution in [1.82, 2.24) is 0 Å². The third kappa shape index (κ3) is 22.3. The first kappa shape index (κ1) is 24.2. The molecule has 1 rings (SSSR count). The molecule has 0 aromatic carbocycles. The molecule has 0 saturated carbocycles. The minimum Gasteiger partial charge on any atom is -1.00 e. The van der Waals surface area contributed by atoms with Crippen LogP contribution in [-0.4, -0.2) is 20.6 Å². The van der Waals surface area contributed by atoms with Crippen LogP contribution in [0.1, 0.15) is 96.8 Å². The highest BCUT2D eigenvalue weighted by atomic mass is 35.5. The Labute approximate surface area is 147 Å². The summed E-state index contributed by atoms with van der Waals surface area (Å²) in [7, 11) is 4.49. The first-order valence-electron chi connectivity index (χ1n) is 9.71. The van der Waals surface area contributed by atoms with Crippen LogP contribution >= 0.6 is 0 Å². The number of halogens is 1. The van der Waals surface area contributed by atoms with E-state index < -0.39 is 0 Å². The second-order valence-corrected chi connectivity index (χ2v) is 6.89. The maximum atomic E-state index is 2.28. The van der Waals surface area contributed by atoms with E-state index in [4.69, 9.17) is 0 Å². The van der Waals surface area contributed by atoms with Crippen LogP contribution in [0.3, 0.4) is 0 Å². The molecular formula is C20H42ClN. The van der Waals surface area contributed by atoms with Gasteiger partial charge in [0.2, 0.25) is 0 Å². The van der Waals surface area contributed by atoms with Crippen LogP contribution in [0.25, 0.3) is 0 Å². The van der Waals surface area contributed by atoms with Gasteiger partial charge < -0.3 is 17.3 Å². The lowest BCUT2D eigenvalue weighted by atomic mass is 10.1. The number of unbranched alkanes of at least 4 members (excludes halogenated alkanes) is 9. The summed E-state index contributed by atoms with van der Waals surface area (Å²) in [6, 6.07) is 0. The Bertz CT molecular complexity index is 206. The summed E-state index contributed by atoms with van der Waals surface area (Å²) in [5.41, 5.74) is 0. The summed E-state index contributed by atoms with van der Waals surface area (Å²) < 4.78 is 0. The van der Waals surface area contributed by atoms with E-state index in [0.717, 1.165) is 0 Å². The Hall–Kier alpha value is -0.0100. The number of allylic oxidation sites excluding steroid dienone is 2. The molecule has 0 aromatic heterocycles. The SMILES string of the molecule is C1=CCCCC1.CCCCCCCCCCCC[NH+](C)C.[Cl-]. The van der Waals surface area contributed by atoms with E-state index in [9.17, 15) is 0 Å². The van der Waals surface area contributed by atoms with Crippen molar-refractivity contribution < 1.29 is 17.3 Å². The third-order valence-electron chi connectivity index (χ3n) is 4.19. The highest BCUT2D eigenvalue weighted by molar-refractivity contribution is 4.85. The molecule has 1 nitrogen and oxygen atoms in total. The van der Waals surface area contributed by atoms with E-state index in [0.29, 0.717) is 0 Å². The van der Waals surface area contributed by atoms with Crippen molar-refractivity contribution in [3.05, 3.63) is 12.2 Å². The van der Waals surface area contributed by atoms with Gasteiger partial charge in [-0.05, 0) is 38.5 Å². The topological polar surface area (TPSA) is 4.44 Å². The van der Waals surface area contributed by atoms with Gasteiger partial charge in [-0.1, -0.05) is 70.4 Å². The molecule has 0 fully saturated rings. The number of hydrogen-bond acceptors (Lipinski definition) is 0. The minimum absolute atomic E-state index is 0. The van der Waals surface area contributed by atoms with Gasteiger partial charge in [-0.2, -0.15) is 0 Å². The highest BCUT2D eigenvalue weighted by Gasteiger charge is 1.94. The third-order valence-corrected chi connectivity index (χ3v) is 4.19. The van der Waals surface area contributed by atoms with Gasteiger partial charge in [0.25, 0.3) is 0 Å². The van der Waals surface area contributed by atoms with E-state index in [2.05, 4.69) is 33.2 Å². The first-order chi connectivity index (χ1) is 10.3. The second kappa shape index (κ2) is 21.0. The summed E-state index contributed by atoms with van der Waals surface area (Å²) in [5.74, 6) is 0. The minimum atomic E-state index is 0. The fraction of sp³-hybridized carbons (Fsp3) is 0.900. The van der Waals surface area contributed by atoms with Crippen LogP contribution in [-0.2, 0) is 0 Å². The van der Waals surface area contributed by atoms with Crippen molar-refractivity contribution >= 4 is 0 Å². The predicted molar refractivity (Wildman–Crippen MR) is 97.1 cm³/mol. The van der Waals surface area contributed by atoms with Crippen LogP contribution in [0.4, 0.5) is 0 Å². The Morgan fingerprint density at radius 3 is 1.41 bits per heavy atom. The molecule has 0 amide bonds. The lowest BCUT2D eigenvalue weighted by molar-refractivity contribution is -0.858. The average Bonchev–Trinajstić information content (AvgIpc) is 2.51.